The van der Waals surface area contributed by atoms with Crippen LogP contribution in [0.4, 0.5) is 0 Å². The van der Waals surface area contributed by atoms with Crippen molar-refractivity contribution in [2.45, 2.75) is 231 Å². The molecule has 0 saturated heterocycles. The molecule has 0 aliphatic rings. The maximum Gasteiger partial charge on any atom is 0.268 e. The number of aliphatic hydroxyl groups is 1. The third-order valence-electron chi connectivity index (χ3n) is 10.7. The van der Waals surface area contributed by atoms with Gasteiger partial charge in [-0.3, -0.25) is 9.36 Å². The Labute approximate surface area is 347 Å². The summed E-state index contributed by atoms with van der Waals surface area (Å²) in [5.41, 5.74) is 0. The van der Waals surface area contributed by atoms with Gasteiger partial charge in [0.2, 0.25) is 5.91 Å². The normalized spacial score (nSPS) is 14.5. The van der Waals surface area contributed by atoms with Crippen molar-refractivity contribution in [3.63, 3.8) is 0 Å². The highest BCUT2D eigenvalue weighted by Crippen LogP contribution is 2.38. The number of phosphoric acid groups is 1. The zero-order chi connectivity index (χ0) is 41.4. The topological polar surface area (TPSA) is 108 Å². The molecule has 0 bridgehead atoms. The molecule has 2 N–H and O–H groups in total. The summed E-state index contributed by atoms with van der Waals surface area (Å²) in [5, 5.41) is 13.8. The van der Waals surface area contributed by atoms with Gasteiger partial charge in [0.1, 0.15) is 13.2 Å². The van der Waals surface area contributed by atoms with E-state index >= 15 is 0 Å². The Hall–Kier alpha value is -1.02. The first-order chi connectivity index (χ1) is 27.0. The van der Waals surface area contributed by atoms with Gasteiger partial charge in [0.25, 0.3) is 7.82 Å². The fourth-order valence-electron chi connectivity index (χ4n) is 6.85. The number of allylic oxidation sites excluding steroid dienone is 3. The molecule has 3 unspecified atom stereocenters. The summed E-state index contributed by atoms with van der Waals surface area (Å²) in [4.78, 5) is 25.3. The predicted molar refractivity (Wildman–Crippen MR) is 238 cm³/mol. The second-order valence-corrected chi connectivity index (χ2v) is 18.9. The standard InChI is InChI=1S/C47H93N2O6P/c1-6-8-10-12-14-16-18-20-22-23-24-25-27-29-31-33-35-37-39-41-47(51)48-45(44-55-56(52,53)54-43-42-49(3,4)5)46(50)40-38-36-34-32-30-28-26-21-19-17-15-13-11-9-7-2/h20,22,38,40,45-46,50H,6-19,21,23-37,39,41-44H2,1-5H3,(H-,48,51,52,53)/b22-20-,40-38+. The Morgan fingerprint density at radius 1 is 0.607 bits per heavy atom. The quantitative estimate of drug-likeness (QED) is 0.0275. The Morgan fingerprint density at radius 2 is 0.982 bits per heavy atom. The lowest BCUT2D eigenvalue weighted by Crippen LogP contribution is -2.45. The number of carbonyl (C=O) groups excluding carboxylic acids is 1. The Kier molecular flexibility index (Phi) is 38.7. The highest BCUT2D eigenvalue weighted by molar-refractivity contribution is 7.45. The molecule has 0 spiro atoms. The van der Waals surface area contributed by atoms with Crippen LogP contribution in [0.3, 0.4) is 0 Å². The molecule has 0 heterocycles. The number of quaternary nitrogens is 1. The zero-order valence-electron chi connectivity index (χ0n) is 37.6. The molecule has 8 nitrogen and oxygen atoms in total. The summed E-state index contributed by atoms with van der Waals surface area (Å²) in [5.74, 6) is -0.199. The number of unbranched alkanes of at least 4 members (excludes halogenated alkanes) is 28. The highest BCUT2D eigenvalue weighted by atomic mass is 31.2. The van der Waals surface area contributed by atoms with Crippen LogP contribution in [0.1, 0.15) is 219 Å². The summed E-state index contributed by atoms with van der Waals surface area (Å²) in [6.07, 6.45) is 46.5. The van der Waals surface area contributed by atoms with E-state index in [9.17, 15) is 19.4 Å². The maximum absolute atomic E-state index is 12.9. The van der Waals surface area contributed by atoms with E-state index in [1.807, 2.05) is 27.2 Å². The molecule has 9 heteroatoms. The third kappa shape index (κ3) is 41.2. The molecule has 1 amide bonds. The van der Waals surface area contributed by atoms with E-state index in [-0.39, 0.29) is 19.1 Å². The van der Waals surface area contributed by atoms with Crippen LogP contribution < -0.4 is 10.2 Å². The van der Waals surface area contributed by atoms with Gasteiger partial charge in [-0.2, -0.15) is 0 Å². The summed E-state index contributed by atoms with van der Waals surface area (Å²) in [6.45, 7) is 4.65. The van der Waals surface area contributed by atoms with E-state index in [0.29, 0.717) is 17.4 Å². The number of hydrogen-bond acceptors (Lipinski definition) is 6. The largest absolute Gasteiger partial charge is 0.756 e. The molecule has 0 saturated carbocycles. The molecule has 0 aliphatic heterocycles. The van der Waals surface area contributed by atoms with E-state index in [0.717, 1.165) is 38.5 Å². The smallest absolute Gasteiger partial charge is 0.268 e. The summed E-state index contributed by atoms with van der Waals surface area (Å²) < 4.78 is 23.2. The van der Waals surface area contributed by atoms with Gasteiger partial charge in [-0.25, -0.2) is 0 Å². The van der Waals surface area contributed by atoms with Crippen molar-refractivity contribution in [3.05, 3.63) is 24.3 Å². The predicted octanol–water partition coefficient (Wildman–Crippen LogP) is 12.7. The van der Waals surface area contributed by atoms with Crippen molar-refractivity contribution >= 4 is 13.7 Å². The molecule has 0 radical (unpaired) electrons. The fourth-order valence-corrected chi connectivity index (χ4v) is 7.58. The number of aliphatic hydroxyl groups excluding tert-OH is 1. The van der Waals surface area contributed by atoms with Gasteiger partial charge in [-0.05, 0) is 44.9 Å². The van der Waals surface area contributed by atoms with E-state index in [1.54, 1.807) is 6.08 Å². The maximum atomic E-state index is 12.9. The molecule has 0 rings (SSSR count). The van der Waals surface area contributed by atoms with Gasteiger partial charge in [0, 0.05) is 6.42 Å². The van der Waals surface area contributed by atoms with Crippen LogP contribution in [0.25, 0.3) is 0 Å². The van der Waals surface area contributed by atoms with Crippen LogP contribution in [0.15, 0.2) is 24.3 Å². The number of likely N-dealkylation sites (N-methyl/N-ethyl adjacent to an activating group) is 1. The first-order valence-corrected chi connectivity index (χ1v) is 25.2. The van der Waals surface area contributed by atoms with Crippen LogP contribution in [0, 0.1) is 0 Å². The second kappa shape index (κ2) is 39.4. The fraction of sp³-hybridized carbons (Fsp3) is 0.894. The number of nitrogens with one attached hydrogen (secondary N) is 1. The van der Waals surface area contributed by atoms with Crippen molar-refractivity contribution in [3.8, 4) is 0 Å². The van der Waals surface area contributed by atoms with Gasteiger partial charge in [-0.15, -0.1) is 0 Å². The van der Waals surface area contributed by atoms with E-state index in [1.165, 1.54) is 161 Å². The van der Waals surface area contributed by atoms with Crippen LogP contribution in [0.2, 0.25) is 0 Å². The minimum Gasteiger partial charge on any atom is -0.756 e. The van der Waals surface area contributed by atoms with Crippen LogP contribution in [-0.4, -0.2) is 68.5 Å². The lowest BCUT2D eigenvalue weighted by atomic mass is 10.0. The lowest BCUT2D eigenvalue weighted by Gasteiger charge is -2.29. The Bertz CT molecular complexity index is 969. The first kappa shape index (κ1) is 55.0. The van der Waals surface area contributed by atoms with E-state index in [4.69, 9.17) is 9.05 Å². The number of phosphoric ester groups is 1. The highest BCUT2D eigenvalue weighted by Gasteiger charge is 2.23. The van der Waals surface area contributed by atoms with E-state index < -0.39 is 20.0 Å². The average Bonchev–Trinajstić information content (AvgIpc) is 3.15. The molecule has 332 valence electrons. The molecule has 0 aromatic carbocycles. The minimum absolute atomic E-state index is 0.000116. The number of hydrogen-bond donors (Lipinski definition) is 2. The summed E-state index contributed by atoms with van der Waals surface area (Å²) >= 11 is 0. The van der Waals surface area contributed by atoms with Gasteiger partial charge >= 0.3 is 0 Å². The number of rotatable bonds is 43. The molecule has 0 aromatic heterocycles. The lowest BCUT2D eigenvalue weighted by molar-refractivity contribution is -0.870. The average molecular weight is 813 g/mol. The SMILES string of the molecule is CCCCCCCC/C=C\CCCCCCCCCCCC(=O)NC(COP(=O)([O-])OCC[N+](C)(C)C)C(O)/C=C/CCCCCCCCCCCCCCC. The minimum atomic E-state index is -4.59. The number of carbonyl (C=O) groups is 1. The number of nitrogens with zero attached hydrogens (tertiary/aromatic N) is 1. The Morgan fingerprint density at radius 3 is 1.39 bits per heavy atom. The summed E-state index contributed by atoms with van der Waals surface area (Å²) in [7, 11) is 1.26. The zero-order valence-corrected chi connectivity index (χ0v) is 38.5. The molecule has 3 atom stereocenters. The van der Waals surface area contributed by atoms with Crippen molar-refractivity contribution in [1.29, 1.82) is 0 Å². The van der Waals surface area contributed by atoms with Gasteiger partial charge in [0.15, 0.2) is 0 Å². The van der Waals surface area contributed by atoms with E-state index in [2.05, 4.69) is 31.3 Å². The van der Waals surface area contributed by atoms with Crippen LogP contribution >= 0.6 is 7.82 Å². The van der Waals surface area contributed by atoms with Crippen LogP contribution in [-0.2, 0) is 18.4 Å². The Balaban J connectivity index is 4.36. The van der Waals surface area contributed by atoms with Crippen LogP contribution in [0.5, 0.6) is 0 Å². The van der Waals surface area contributed by atoms with Crippen molar-refractivity contribution in [1.82, 2.24) is 5.32 Å². The molecule has 0 fully saturated rings. The van der Waals surface area contributed by atoms with Crippen molar-refractivity contribution in [2.24, 2.45) is 0 Å². The van der Waals surface area contributed by atoms with Gasteiger partial charge in [0.05, 0.1) is 39.9 Å². The van der Waals surface area contributed by atoms with Crippen molar-refractivity contribution in [2.75, 3.05) is 40.9 Å². The second-order valence-electron chi connectivity index (χ2n) is 17.5. The summed E-state index contributed by atoms with van der Waals surface area (Å²) in [6, 6.07) is -0.884. The first-order valence-electron chi connectivity index (χ1n) is 23.7. The van der Waals surface area contributed by atoms with Gasteiger partial charge in [-0.1, -0.05) is 192 Å². The molecular weight excluding hydrogens is 719 g/mol. The molecule has 0 aromatic rings. The monoisotopic (exact) mass is 813 g/mol. The third-order valence-corrected chi connectivity index (χ3v) is 11.6. The molecule has 56 heavy (non-hydrogen) atoms. The molecule has 0 aliphatic carbocycles. The van der Waals surface area contributed by atoms with Crippen molar-refractivity contribution < 1.29 is 32.9 Å². The molecular formula is C47H93N2O6P. The van der Waals surface area contributed by atoms with Gasteiger partial charge < -0.3 is 28.8 Å². The number of amides is 1.